The van der Waals surface area contributed by atoms with Crippen molar-refractivity contribution in [1.29, 1.82) is 0 Å². The van der Waals surface area contributed by atoms with Crippen molar-refractivity contribution >= 4 is 22.7 Å². The molecule has 0 saturated carbocycles. The number of ether oxygens (including phenoxy) is 1. The molecule has 29 heavy (non-hydrogen) atoms. The third kappa shape index (κ3) is 5.70. The molecule has 0 fully saturated rings. The van der Waals surface area contributed by atoms with E-state index in [4.69, 9.17) is 0 Å². The Labute approximate surface area is 164 Å². The molecule has 0 bridgehead atoms. The summed E-state index contributed by atoms with van der Waals surface area (Å²) in [6, 6.07) is 11.4. The number of halogens is 6. The predicted octanol–water partition coefficient (Wildman–Crippen LogP) is 6.17. The summed E-state index contributed by atoms with van der Waals surface area (Å²) in [6.07, 6.45) is -9.23. The highest BCUT2D eigenvalue weighted by atomic mass is 32.1. The third-order valence-corrected chi connectivity index (χ3v) is 4.23. The van der Waals surface area contributed by atoms with Crippen LogP contribution in [0.3, 0.4) is 0 Å². The van der Waals surface area contributed by atoms with Crippen LogP contribution in [0.5, 0.6) is 5.75 Å². The number of aromatic nitrogens is 1. The number of nitrogens with zero attached hydrogens (tertiary/aromatic N) is 2. The fraction of sp³-hybridized carbons (Fsp3) is 0.111. The van der Waals surface area contributed by atoms with Gasteiger partial charge in [0.25, 0.3) is 0 Å². The van der Waals surface area contributed by atoms with Crippen molar-refractivity contribution in [2.24, 2.45) is 5.10 Å². The highest BCUT2D eigenvalue weighted by molar-refractivity contribution is 7.14. The fourth-order valence-corrected chi connectivity index (χ4v) is 2.96. The summed E-state index contributed by atoms with van der Waals surface area (Å²) < 4.78 is 79.4. The summed E-state index contributed by atoms with van der Waals surface area (Å²) in [5.74, 6) is -1.33. The Morgan fingerprint density at radius 1 is 1.00 bits per heavy atom. The lowest BCUT2D eigenvalue weighted by molar-refractivity contribution is -0.276. The molecule has 1 heterocycles. The van der Waals surface area contributed by atoms with Crippen LogP contribution in [0.2, 0.25) is 0 Å². The SMILES string of the molecule is FC(F)(F)Oc1ccc(C=NNc2nc(-c3ccccc3)cs2)cc1C(F)(F)F. The standard InChI is InChI=1S/C18H11F6N3OS/c19-17(20,21)13-8-11(6-7-15(13)28-18(22,23)24)9-25-27-16-26-14(10-29-16)12-4-2-1-3-5-12/h1-10H,(H,26,27). The van der Waals surface area contributed by atoms with E-state index in [-0.39, 0.29) is 5.56 Å². The van der Waals surface area contributed by atoms with E-state index in [1.807, 2.05) is 30.3 Å². The molecule has 1 N–H and O–H groups in total. The zero-order valence-corrected chi connectivity index (χ0v) is 15.1. The maximum atomic E-state index is 13.0. The third-order valence-electron chi connectivity index (χ3n) is 3.48. The molecule has 152 valence electrons. The largest absolute Gasteiger partial charge is 0.573 e. The van der Waals surface area contributed by atoms with Crippen molar-refractivity contribution in [3.8, 4) is 17.0 Å². The van der Waals surface area contributed by atoms with E-state index >= 15 is 0 Å². The van der Waals surface area contributed by atoms with Gasteiger partial charge < -0.3 is 4.74 Å². The molecule has 0 aliphatic rings. The summed E-state index contributed by atoms with van der Waals surface area (Å²) in [7, 11) is 0. The first-order valence-electron chi connectivity index (χ1n) is 7.89. The first-order chi connectivity index (χ1) is 13.6. The van der Waals surface area contributed by atoms with Gasteiger partial charge in [0.15, 0.2) is 0 Å². The van der Waals surface area contributed by atoms with Crippen LogP contribution in [0.1, 0.15) is 11.1 Å². The summed E-state index contributed by atoms with van der Waals surface area (Å²) >= 11 is 1.23. The van der Waals surface area contributed by atoms with Crippen LogP contribution >= 0.6 is 11.3 Å². The number of hydrogen-bond donors (Lipinski definition) is 1. The highest BCUT2D eigenvalue weighted by Crippen LogP contribution is 2.38. The number of hydrazone groups is 1. The number of nitrogens with one attached hydrogen (secondary N) is 1. The van der Waals surface area contributed by atoms with Crippen LogP contribution in [-0.2, 0) is 6.18 Å². The van der Waals surface area contributed by atoms with Crippen LogP contribution < -0.4 is 10.2 Å². The maximum absolute atomic E-state index is 13.0. The molecule has 11 heteroatoms. The molecule has 0 radical (unpaired) electrons. The van der Waals surface area contributed by atoms with E-state index in [1.165, 1.54) is 11.3 Å². The Morgan fingerprint density at radius 3 is 2.38 bits per heavy atom. The Hall–Kier alpha value is -3.08. The maximum Gasteiger partial charge on any atom is 0.573 e. The molecule has 0 saturated heterocycles. The average molecular weight is 431 g/mol. The van der Waals surface area contributed by atoms with Crippen LogP contribution in [-0.4, -0.2) is 17.6 Å². The molecule has 4 nitrogen and oxygen atoms in total. The number of thiazole rings is 1. The summed E-state index contributed by atoms with van der Waals surface area (Å²) in [5, 5.41) is 5.96. The monoisotopic (exact) mass is 431 g/mol. The molecular formula is C18H11F6N3OS. The van der Waals surface area contributed by atoms with Crippen LogP contribution in [0, 0.1) is 0 Å². The summed E-state index contributed by atoms with van der Waals surface area (Å²) in [6.45, 7) is 0. The van der Waals surface area contributed by atoms with E-state index in [9.17, 15) is 26.3 Å². The quantitative estimate of drug-likeness (QED) is 0.298. The number of anilines is 1. The van der Waals surface area contributed by atoms with Gasteiger partial charge in [-0.1, -0.05) is 30.3 Å². The van der Waals surface area contributed by atoms with Crippen molar-refractivity contribution in [3.63, 3.8) is 0 Å². The normalized spacial score (nSPS) is 12.3. The van der Waals surface area contributed by atoms with Gasteiger partial charge in [-0.15, -0.1) is 24.5 Å². The van der Waals surface area contributed by atoms with Gasteiger partial charge in [-0.3, -0.25) is 5.43 Å². The molecule has 0 amide bonds. The number of benzene rings is 2. The molecule has 3 rings (SSSR count). The van der Waals surface area contributed by atoms with E-state index in [1.54, 1.807) is 5.38 Å². The van der Waals surface area contributed by atoms with Gasteiger partial charge in [-0.05, 0) is 23.8 Å². The van der Waals surface area contributed by atoms with Gasteiger partial charge in [0.05, 0.1) is 17.5 Å². The minimum absolute atomic E-state index is 0.0702. The van der Waals surface area contributed by atoms with Crippen molar-refractivity contribution < 1.29 is 31.1 Å². The lowest BCUT2D eigenvalue weighted by atomic mass is 10.1. The molecule has 0 spiro atoms. The second-order valence-corrected chi connectivity index (χ2v) is 6.43. The average Bonchev–Trinajstić information content (AvgIpc) is 3.10. The second-order valence-electron chi connectivity index (χ2n) is 5.58. The summed E-state index contributed by atoms with van der Waals surface area (Å²) in [5.41, 5.74) is 2.53. The number of hydrogen-bond acceptors (Lipinski definition) is 5. The van der Waals surface area contributed by atoms with E-state index in [0.29, 0.717) is 23.0 Å². The predicted molar refractivity (Wildman–Crippen MR) is 96.9 cm³/mol. The lowest BCUT2D eigenvalue weighted by Crippen LogP contribution is -2.20. The minimum atomic E-state index is -5.24. The van der Waals surface area contributed by atoms with Gasteiger partial charge in [0.2, 0.25) is 5.13 Å². The van der Waals surface area contributed by atoms with E-state index in [0.717, 1.165) is 17.8 Å². The molecular weight excluding hydrogens is 420 g/mol. The first-order valence-corrected chi connectivity index (χ1v) is 8.77. The molecule has 0 aliphatic carbocycles. The number of alkyl halides is 6. The Morgan fingerprint density at radius 2 is 1.72 bits per heavy atom. The Balaban J connectivity index is 1.75. The highest BCUT2D eigenvalue weighted by Gasteiger charge is 2.39. The molecule has 3 aromatic rings. The van der Waals surface area contributed by atoms with Crippen molar-refractivity contribution in [2.75, 3.05) is 5.43 Å². The van der Waals surface area contributed by atoms with Gasteiger partial charge >= 0.3 is 12.5 Å². The number of rotatable bonds is 5. The lowest BCUT2D eigenvalue weighted by Gasteiger charge is -2.15. The van der Waals surface area contributed by atoms with Crippen molar-refractivity contribution in [3.05, 3.63) is 65.0 Å². The summed E-state index contributed by atoms with van der Waals surface area (Å²) in [4.78, 5) is 4.29. The second kappa shape index (κ2) is 8.11. The van der Waals surface area contributed by atoms with Gasteiger partial charge in [0.1, 0.15) is 5.75 Å². The van der Waals surface area contributed by atoms with Crippen LogP contribution in [0.15, 0.2) is 59.0 Å². The zero-order valence-electron chi connectivity index (χ0n) is 14.3. The molecule has 2 aromatic carbocycles. The van der Waals surface area contributed by atoms with E-state index in [2.05, 4.69) is 20.2 Å². The molecule has 1 aromatic heterocycles. The van der Waals surface area contributed by atoms with Crippen LogP contribution in [0.25, 0.3) is 11.3 Å². The Bertz CT molecular complexity index is 999. The molecule has 0 atom stereocenters. The Kier molecular flexibility index (Phi) is 5.78. The minimum Gasteiger partial charge on any atom is -0.405 e. The van der Waals surface area contributed by atoms with Crippen molar-refractivity contribution in [1.82, 2.24) is 4.98 Å². The van der Waals surface area contributed by atoms with Crippen LogP contribution in [0.4, 0.5) is 31.5 Å². The zero-order chi connectivity index (χ0) is 21.1. The van der Waals surface area contributed by atoms with Gasteiger partial charge in [-0.25, -0.2) is 4.98 Å². The molecule has 0 aliphatic heterocycles. The van der Waals surface area contributed by atoms with E-state index < -0.39 is 23.9 Å². The van der Waals surface area contributed by atoms with Gasteiger partial charge in [-0.2, -0.15) is 18.3 Å². The van der Waals surface area contributed by atoms with Gasteiger partial charge in [0, 0.05) is 10.9 Å². The molecule has 0 unspecified atom stereocenters. The topological polar surface area (TPSA) is 46.5 Å². The fourth-order valence-electron chi connectivity index (χ4n) is 2.29. The smallest absolute Gasteiger partial charge is 0.405 e. The van der Waals surface area contributed by atoms with Crippen molar-refractivity contribution in [2.45, 2.75) is 12.5 Å². The first kappa shape index (κ1) is 20.6.